The van der Waals surface area contributed by atoms with Gasteiger partial charge in [0.25, 0.3) is 0 Å². The highest BCUT2D eigenvalue weighted by atomic mass is 16.5. The first-order valence-electron chi connectivity index (χ1n) is 6.33. The van der Waals surface area contributed by atoms with Gasteiger partial charge in [0.1, 0.15) is 5.78 Å². The van der Waals surface area contributed by atoms with E-state index in [1.54, 1.807) is 12.1 Å². The molecule has 1 aromatic carbocycles. The van der Waals surface area contributed by atoms with Gasteiger partial charge in [-0.25, -0.2) is 4.79 Å². The molecule has 0 saturated heterocycles. The number of Topliss-reactive ketones (excluding diaryl/α,β-unsaturated/α-hetero) is 1. The average Bonchev–Trinajstić information content (AvgIpc) is 2.50. The second kappa shape index (κ2) is 7.96. The smallest absolute Gasteiger partial charge is 0.337 e. The van der Waals surface area contributed by atoms with Crippen molar-refractivity contribution in [1.82, 2.24) is 0 Å². The lowest BCUT2D eigenvalue weighted by atomic mass is 9.91. The highest BCUT2D eigenvalue weighted by molar-refractivity contribution is 5.89. The van der Waals surface area contributed by atoms with Crippen molar-refractivity contribution in [3.05, 3.63) is 45.8 Å². The van der Waals surface area contributed by atoms with Gasteiger partial charge in [-0.1, -0.05) is 24.2 Å². The molecule has 0 aliphatic carbocycles. The first-order chi connectivity index (χ1) is 9.62. The number of hydrogen-bond donors (Lipinski definition) is 0. The first kappa shape index (κ1) is 15.7. The third kappa shape index (κ3) is 4.40. The van der Waals surface area contributed by atoms with E-state index >= 15 is 0 Å². The fourth-order valence-corrected chi connectivity index (χ4v) is 1.96. The molecule has 20 heavy (non-hydrogen) atoms. The zero-order valence-corrected chi connectivity index (χ0v) is 11.6. The normalized spacial score (nSPS) is 11.3. The molecule has 6 heteroatoms. The molecule has 0 aliphatic rings. The number of esters is 1. The number of nitrogens with zero attached hydrogens (tertiary/aromatic N) is 3. The van der Waals surface area contributed by atoms with E-state index in [-0.39, 0.29) is 24.2 Å². The molecule has 0 aromatic heterocycles. The number of carbonyl (C=O) groups excluding carboxylic acids is 2. The van der Waals surface area contributed by atoms with Crippen LogP contribution in [0, 0.1) is 0 Å². The average molecular weight is 275 g/mol. The van der Waals surface area contributed by atoms with Crippen LogP contribution in [0.25, 0.3) is 10.4 Å². The monoisotopic (exact) mass is 275 g/mol. The lowest BCUT2D eigenvalue weighted by molar-refractivity contribution is -0.118. The van der Waals surface area contributed by atoms with Gasteiger partial charge in [-0.2, -0.15) is 0 Å². The Morgan fingerprint density at radius 2 is 2.00 bits per heavy atom. The molecule has 1 rings (SSSR count). The Bertz CT molecular complexity index is 519. The fraction of sp³-hybridized carbons (Fsp3) is 0.429. The molecular weight excluding hydrogens is 258 g/mol. The van der Waals surface area contributed by atoms with Crippen LogP contribution in [0.3, 0.4) is 0 Å². The SMILES string of the molecule is CCC(CC(=O)CN=[N+]=[N-])c1ccc(C(=O)OC)cc1. The van der Waals surface area contributed by atoms with E-state index in [4.69, 9.17) is 5.53 Å². The van der Waals surface area contributed by atoms with E-state index in [0.29, 0.717) is 12.0 Å². The van der Waals surface area contributed by atoms with Gasteiger partial charge in [-0.15, -0.1) is 0 Å². The number of ether oxygens (including phenoxy) is 1. The van der Waals surface area contributed by atoms with Crippen molar-refractivity contribution >= 4 is 11.8 Å². The van der Waals surface area contributed by atoms with Crippen LogP contribution in [0.1, 0.15) is 41.6 Å². The van der Waals surface area contributed by atoms with Gasteiger partial charge in [0, 0.05) is 11.3 Å². The van der Waals surface area contributed by atoms with Gasteiger partial charge in [-0.3, -0.25) is 4.79 Å². The molecule has 1 unspecified atom stereocenters. The Balaban J connectivity index is 2.77. The van der Waals surface area contributed by atoms with E-state index < -0.39 is 0 Å². The minimum absolute atomic E-state index is 0.0584. The summed E-state index contributed by atoms with van der Waals surface area (Å²) in [5, 5.41) is 3.27. The Morgan fingerprint density at radius 1 is 1.35 bits per heavy atom. The van der Waals surface area contributed by atoms with Crippen molar-refractivity contribution in [2.45, 2.75) is 25.7 Å². The van der Waals surface area contributed by atoms with Crippen LogP contribution >= 0.6 is 0 Å². The number of hydrogen-bond acceptors (Lipinski definition) is 4. The molecule has 0 bridgehead atoms. The predicted octanol–water partition coefficient (Wildman–Crippen LogP) is 3.24. The van der Waals surface area contributed by atoms with Crippen LogP contribution in [-0.2, 0) is 9.53 Å². The second-order valence-electron chi connectivity index (χ2n) is 4.35. The molecule has 1 atom stereocenters. The standard InChI is InChI=1S/C14H17N3O3/c1-3-10(8-13(18)9-16-17-15)11-4-6-12(7-5-11)14(19)20-2/h4-7,10H,3,8-9H2,1-2H3. The van der Waals surface area contributed by atoms with Crippen LogP contribution < -0.4 is 0 Å². The summed E-state index contributed by atoms with van der Waals surface area (Å²) >= 11 is 0. The second-order valence-corrected chi connectivity index (χ2v) is 4.35. The van der Waals surface area contributed by atoms with Crippen molar-refractivity contribution in [2.75, 3.05) is 13.7 Å². The molecule has 0 saturated carbocycles. The summed E-state index contributed by atoms with van der Waals surface area (Å²) in [5.74, 6) is -0.418. The van der Waals surface area contributed by atoms with E-state index in [0.717, 1.165) is 12.0 Å². The van der Waals surface area contributed by atoms with Crippen molar-refractivity contribution in [2.24, 2.45) is 5.11 Å². The van der Waals surface area contributed by atoms with Gasteiger partial charge in [0.05, 0.1) is 19.2 Å². The third-order valence-electron chi connectivity index (χ3n) is 3.08. The van der Waals surface area contributed by atoms with Crippen LogP contribution in [0.4, 0.5) is 0 Å². The first-order valence-corrected chi connectivity index (χ1v) is 6.33. The van der Waals surface area contributed by atoms with Gasteiger partial charge < -0.3 is 4.74 Å². The summed E-state index contributed by atoms with van der Waals surface area (Å²) in [4.78, 5) is 25.5. The highest BCUT2D eigenvalue weighted by Crippen LogP contribution is 2.24. The highest BCUT2D eigenvalue weighted by Gasteiger charge is 2.14. The Morgan fingerprint density at radius 3 is 2.50 bits per heavy atom. The van der Waals surface area contributed by atoms with Gasteiger partial charge in [0.15, 0.2) is 0 Å². The van der Waals surface area contributed by atoms with Crippen molar-refractivity contribution < 1.29 is 14.3 Å². The minimum Gasteiger partial charge on any atom is -0.465 e. The number of methoxy groups -OCH3 is 1. The molecule has 0 spiro atoms. The zero-order valence-electron chi connectivity index (χ0n) is 11.6. The topological polar surface area (TPSA) is 92.1 Å². The van der Waals surface area contributed by atoms with Crippen LogP contribution in [0.2, 0.25) is 0 Å². The molecule has 0 amide bonds. The molecule has 1 aromatic rings. The molecule has 0 N–H and O–H groups in total. The van der Waals surface area contributed by atoms with Crippen molar-refractivity contribution in [3.8, 4) is 0 Å². The zero-order chi connectivity index (χ0) is 15.0. The number of carbonyl (C=O) groups is 2. The fourth-order valence-electron chi connectivity index (χ4n) is 1.96. The van der Waals surface area contributed by atoms with E-state index in [1.165, 1.54) is 7.11 Å². The summed E-state index contributed by atoms with van der Waals surface area (Å²) in [6.07, 6.45) is 1.12. The maximum Gasteiger partial charge on any atom is 0.337 e. The summed E-state index contributed by atoms with van der Waals surface area (Å²) in [7, 11) is 1.33. The third-order valence-corrected chi connectivity index (χ3v) is 3.08. The minimum atomic E-state index is -0.385. The molecule has 0 fully saturated rings. The molecular formula is C14H17N3O3. The number of benzene rings is 1. The van der Waals surface area contributed by atoms with E-state index in [2.05, 4.69) is 14.8 Å². The van der Waals surface area contributed by atoms with Gasteiger partial charge in [-0.05, 0) is 35.6 Å². The number of azide groups is 1. The maximum atomic E-state index is 11.6. The summed E-state index contributed by atoms with van der Waals surface area (Å²) < 4.78 is 4.63. The van der Waals surface area contributed by atoms with Crippen molar-refractivity contribution in [1.29, 1.82) is 0 Å². The van der Waals surface area contributed by atoms with Gasteiger partial charge >= 0.3 is 5.97 Å². The Kier molecular flexibility index (Phi) is 6.26. The summed E-state index contributed by atoms with van der Waals surface area (Å²) in [6.45, 7) is 1.87. The van der Waals surface area contributed by atoms with E-state index in [1.807, 2.05) is 19.1 Å². The maximum absolute atomic E-state index is 11.6. The van der Waals surface area contributed by atoms with E-state index in [9.17, 15) is 9.59 Å². The quantitative estimate of drug-likeness (QED) is 0.331. The largest absolute Gasteiger partial charge is 0.465 e. The van der Waals surface area contributed by atoms with Crippen LogP contribution in [-0.4, -0.2) is 25.4 Å². The number of rotatable bonds is 7. The predicted molar refractivity (Wildman–Crippen MR) is 74.5 cm³/mol. The Hall–Kier alpha value is -2.33. The van der Waals surface area contributed by atoms with Crippen molar-refractivity contribution in [3.63, 3.8) is 0 Å². The molecule has 106 valence electrons. The molecule has 0 aliphatic heterocycles. The molecule has 0 heterocycles. The molecule has 6 nitrogen and oxygen atoms in total. The lowest BCUT2D eigenvalue weighted by Gasteiger charge is -2.14. The lowest BCUT2D eigenvalue weighted by Crippen LogP contribution is -2.09. The number of ketones is 1. The van der Waals surface area contributed by atoms with Crippen LogP contribution in [0.5, 0.6) is 0 Å². The Labute approximate surface area is 117 Å². The summed E-state index contributed by atoms with van der Waals surface area (Å²) in [6, 6.07) is 7.01. The van der Waals surface area contributed by atoms with Crippen LogP contribution in [0.15, 0.2) is 29.4 Å². The summed E-state index contributed by atoms with van der Waals surface area (Å²) in [5.41, 5.74) is 9.65. The molecule has 0 radical (unpaired) electrons. The van der Waals surface area contributed by atoms with Gasteiger partial charge in [0.2, 0.25) is 0 Å².